The minimum Gasteiger partial charge on any atom is -0.490 e. The molecule has 1 N–H and O–H groups in total. The molecule has 3 aromatic rings. The molecule has 0 aliphatic carbocycles. The van der Waals surface area contributed by atoms with E-state index >= 15 is 0 Å². The van der Waals surface area contributed by atoms with Crippen molar-refractivity contribution in [3.8, 4) is 17.1 Å². The van der Waals surface area contributed by atoms with E-state index < -0.39 is 11.3 Å². The molecule has 0 saturated carbocycles. The summed E-state index contributed by atoms with van der Waals surface area (Å²) in [5.74, 6) is 0.582. The summed E-state index contributed by atoms with van der Waals surface area (Å²) in [6.07, 6.45) is 1.67. The Kier molecular flexibility index (Phi) is 5.33. The van der Waals surface area contributed by atoms with E-state index in [0.29, 0.717) is 29.4 Å². The van der Waals surface area contributed by atoms with Gasteiger partial charge in [0, 0.05) is 29.9 Å². The van der Waals surface area contributed by atoms with Crippen LogP contribution in [-0.2, 0) is 4.79 Å². The molecule has 31 heavy (non-hydrogen) atoms. The minimum atomic E-state index is -0.681. The first-order chi connectivity index (χ1) is 14.9. The number of ether oxygens (including phenoxy) is 1. The Bertz CT molecular complexity index is 1130. The second kappa shape index (κ2) is 8.10. The van der Waals surface area contributed by atoms with Gasteiger partial charge in [-0.2, -0.15) is 0 Å². The van der Waals surface area contributed by atoms with Crippen molar-refractivity contribution in [1.29, 1.82) is 0 Å². The lowest BCUT2D eigenvalue weighted by Gasteiger charge is -2.27. The number of hydrogen-bond donors (Lipinski definition) is 1. The molecule has 1 aliphatic rings. The number of rotatable bonds is 5. The van der Waals surface area contributed by atoms with Crippen molar-refractivity contribution in [2.24, 2.45) is 5.41 Å². The maximum absolute atomic E-state index is 12.9. The molecule has 2 heterocycles. The van der Waals surface area contributed by atoms with Crippen molar-refractivity contribution in [1.82, 2.24) is 5.16 Å². The lowest BCUT2D eigenvalue weighted by atomic mass is 9.93. The van der Waals surface area contributed by atoms with Gasteiger partial charge in [-0.1, -0.05) is 41.6 Å². The fraction of sp³-hybridized carbons (Fsp3) is 0.208. The Balaban J connectivity index is 1.56. The second-order valence-electron chi connectivity index (χ2n) is 7.96. The summed E-state index contributed by atoms with van der Waals surface area (Å²) < 4.78 is 11.2. The number of fused-ring (bicyclic) bond motifs is 1. The van der Waals surface area contributed by atoms with Crippen molar-refractivity contribution in [2.45, 2.75) is 13.8 Å². The molecule has 2 amide bonds. The molecule has 4 rings (SSSR count). The number of anilines is 2. The summed E-state index contributed by atoms with van der Waals surface area (Å²) in [6.45, 7) is 8.03. The molecule has 1 aromatic heterocycles. The van der Waals surface area contributed by atoms with Gasteiger partial charge in [-0.05, 0) is 26.0 Å². The molecule has 2 aromatic carbocycles. The quantitative estimate of drug-likeness (QED) is 0.617. The van der Waals surface area contributed by atoms with Crippen LogP contribution in [0.3, 0.4) is 0 Å². The minimum absolute atomic E-state index is 0.0426. The van der Waals surface area contributed by atoms with Crippen LogP contribution >= 0.6 is 0 Å². The fourth-order valence-corrected chi connectivity index (χ4v) is 3.35. The molecule has 0 bridgehead atoms. The van der Waals surface area contributed by atoms with Gasteiger partial charge in [-0.15, -0.1) is 6.58 Å². The van der Waals surface area contributed by atoms with Crippen LogP contribution in [0.15, 0.2) is 71.8 Å². The normalized spacial score (nSPS) is 14.9. The monoisotopic (exact) mass is 417 g/mol. The van der Waals surface area contributed by atoms with Crippen molar-refractivity contribution in [3.05, 3.63) is 72.9 Å². The smallest absolute Gasteiger partial charge is 0.277 e. The van der Waals surface area contributed by atoms with E-state index in [1.54, 1.807) is 35.2 Å². The molecule has 0 radical (unpaired) electrons. The molecule has 158 valence electrons. The number of benzene rings is 2. The predicted octanol–water partition coefficient (Wildman–Crippen LogP) is 4.53. The van der Waals surface area contributed by atoms with E-state index in [1.807, 2.05) is 44.2 Å². The van der Waals surface area contributed by atoms with Crippen molar-refractivity contribution >= 4 is 23.2 Å². The molecule has 7 heteroatoms. The fourth-order valence-electron chi connectivity index (χ4n) is 3.35. The molecular weight excluding hydrogens is 394 g/mol. The summed E-state index contributed by atoms with van der Waals surface area (Å²) in [6, 6.07) is 16.2. The van der Waals surface area contributed by atoms with Crippen molar-refractivity contribution < 1.29 is 18.8 Å². The van der Waals surface area contributed by atoms with Gasteiger partial charge >= 0.3 is 0 Å². The van der Waals surface area contributed by atoms with Crippen molar-refractivity contribution in [3.63, 3.8) is 0 Å². The lowest BCUT2D eigenvalue weighted by molar-refractivity contribution is -0.127. The zero-order chi connectivity index (χ0) is 22.0. The number of nitrogens with zero attached hydrogens (tertiary/aromatic N) is 2. The largest absolute Gasteiger partial charge is 0.490 e. The lowest BCUT2D eigenvalue weighted by Crippen LogP contribution is -2.42. The topological polar surface area (TPSA) is 84.7 Å². The summed E-state index contributed by atoms with van der Waals surface area (Å²) in [4.78, 5) is 27.2. The third kappa shape index (κ3) is 4.07. The third-order valence-electron chi connectivity index (χ3n) is 5.03. The van der Waals surface area contributed by atoms with Gasteiger partial charge < -0.3 is 19.5 Å². The Morgan fingerprint density at radius 3 is 2.74 bits per heavy atom. The highest BCUT2D eigenvalue weighted by molar-refractivity contribution is 6.04. The average molecular weight is 417 g/mol. The van der Waals surface area contributed by atoms with Gasteiger partial charge in [0.05, 0.1) is 11.1 Å². The third-order valence-corrected chi connectivity index (χ3v) is 5.03. The van der Waals surface area contributed by atoms with Crippen LogP contribution in [0.5, 0.6) is 5.75 Å². The van der Waals surface area contributed by atoms with E-state index in [-0.39, 0.29) is 18.2 Å². The number of carbonyl (C=O) groups is 2. The van der Waals surface area contributed by atoms with Gasteiger partial charge in [0.15, 0.2) is 11.5 Å². The molecule has 1 aliphatic heterocycles. The van der Waals surface area contributed by atoms with E-state index in [0.717, 1.165) is 5.56 Å². The second-order valence-corrected chi connectivity index (χ2v) is 7.96. The van der Waals surface area contributed by atoms with E-state index in [4.69, 9.17) is 9.26 Å². The van der Waals surface area contributed by atoms with Crippen LogP contribution in [0.25, 0.3) is 11.3 Å². The summed E-state index contributed by atoms with van der Waals surface area (Å²) in [5, 5.41) is 6.68. The van der Waals surface area contributed by atoms with Gasteiger partial charge in [0.25, 0.3) is 5.91 Å². The van der Waals surface area contributed by atoms with Crippen LogP contribution in [0.2, 0.25) is 0 Å². The first kappa shape index (κ1) is 20.4. The van der Waals surface area contributed by atoms with E-state index in [9.17, 15) is 9.59 Å². The first-order valence-corrected chi connectivity index (χ1v) is 9.92. The van der Waals surface area contributed by atoms with Crippen LogP contribution in [0, 0.1) is 5.41 Å². The van der Waals surface area contributed by atoms with Gasteiger partial charge in [0.2, 0.25) is 5.91 Å². The Hall–Kier alpha value is -3.87. The number of amides is 2. The maximum Gasteiger partial charge on any atom is 0.277 e. The summed E-state index contributed by atoms with van der Waals surface area (Å²) in [7, 11) is 0. The molecule has 0 unspecified atom stereocenters. The van der Waals surface area contributed by atoms with Crippen LogP contribution in [0.4, 0.5) is 11.4 Å². The highest BCUT2D eigenvalue weighted by Gasteiger charge is 2.37. The summed E-state index contributed by atoms with van der Waals surface area (Å²) >= 11 is 0. The van der Waals surface area contributed by atoms with Crippen LogP contribution in [0.1, 0.15) is 24.3 Å². The number of aromatic nitrogens is 1. The Labute approximate surface area is 180 Å². The maximum atomic E-state index is 12.9. The molecular formula is C24H23N3O4. The highest BCUT2D eigenvalue weighted by Crippen LogP contribution is 2.38. The zero-order valence-corrected chi connectivity index (χ0v) is 17.4. The van der Waals surface area contributed by atoms with Crippen LogP contribution in [-0.4, -0.2) is 30.1 Å². The van der Waals surface area contributed by atoms with Gasteiger partial charge in [-0.25, -0.2) is 0 Å². The van der Waals surface area contributed by atoms with Crippen molar-refractivity contribution in [2.75, 3.05) is 23.4 Å². The molecule has 0 atom stereocenters. The molecule has 0 spiro atoms. The Morgan fingerprint density at radius 1 is 1.23 bits per heavy atom. The number of carbonyl (C=O) groups excluding carboxylic acids is 2. The average Bonchev–Trinajstić information content (AvgIpc) is 3.24. The standard InChI is InChI=1S/C24H23N3O4/c1-4-12-27-19-11-10-17(13-21(19)30-15-24(2,3)23(27)29)25-22(28)18-14-20(31-26-18)16-8-6-5-7-9-16/h4-11,13-14H,1,12,15H2,2-3H3,(H,25,28). The first-order valence-electron chi connectivity index (χ1n) is 9.92. The SMILES string of the molecule is C=CCN1C(=O)C(C)(C)COc2cc(NC(=O)c3cc(-c4ccccc4)on3)ccc21. The van der Waals surface area contributed by atoms with Gasteiger partial charge in [0.1, 0.15) is 12.4 Å². The highest BCUT2D eigenvalue weighted by atomic mass is 16.5. The zero-order valence-electron chi connectivity index (χ0n) is 17.4. The number of nitrogens with one attached hydrogen (secondary N) is 1. The molecule has 0 saturated heterocycles. The van der Waals surface area contributed by atoms with Gasteiger partial charge in [-0.3, -0.25) is 9.59 Å². The van der Waals surface area contributed by atoms with Crippen LogP contribution < -0.4 is 15.0 Å². The number of hydrogen-bond acceptors (Lipinski definition) is 5. The van der Waals surface area contributed by atoms with E-state index in [1.165, 1.54) is 0 Å². The molecule has 0 fully saturated rings. The van der Waals surface area contributed by atoms with E-state index in [2.05, 4.69) is 17.1 Å². The summed E-state index contributed by atoms with van der Waals surface area (Å²) in [5.41, 5.74) is 1.49. The Morgan fingerprint density at radius 2 is 2.00 bits per heavy atom. The molecule has 7 nitrogen and oxygen atoms in total. The predicted molar refractivity (Wildman–Crippen MR) is 118 cm³/mol.